The zero-order chi connectivity index (χ0) is 13.8. The van der Waals surface area contributed by atoms with E-state index in [1.165, 1.54) is 11.4 Å². The number of hydrogen-bond acceptors (Lipinski definition) is 3. The number of benzene rings is 1. The van der Waals surface area contributed by atoms with Gasteiger partial charge in [-0.1, -0.05) is 44.2 Å². The zero-order valence-electron chi connectivity index (χ0n) is 10.9. The van der Waals surface area contributed by atoms with Crippen LogP contribution in [0.1, 0.15) is 19.4 Å². The molecule has 0 bridgehead atoms. The molecule has 98 valence electrons. The van der Waals surface area contributed by atoms with Gasteiger partial charge in [0.2, 0.25) is 10.0 Å². The van der Waals surface area contributed by atoms with E-state index in [2.05, 4.69) is 0 Å². The van der Waals surface area contributed by atoms with Crippen molar-refractivity contribution in [2.24, 2.45) is 5.92 Å². The first-order chi connectivity index (χ1) is 8.38. The summed E-state index contributed by atoms with van der Waals surface area (Å²) >= 11 is 0. The van der Waals surface area contributed by atoms with E-state index in [4.69, 9.17) is 5.26 Å². The lowest BCUT2D eigenvalue weighted by Gasteiger charge is -2.24. The average Bonchev–Trinajstić information content (AvgIpc) is 2.30. The van der Waals surface area contributed by atoms with Crippen molar-refractivity contribution in [3.05, 3.63) is 35.9 Å². The Hall–Kier alpha value is -1.38. The van der Waals surface area contributed by atoms with Gasteiger partial charge in [-0.15, -0.1) is 0 Å². The number of sulfonamides is 1. The first-order valence-corrected chi connectivity index (χ1v) is 7.38. The van der Waals surface area contributed by atoms with Gasteiger partial charge in [-0.05, 0) is 11.5 Å². The van der Waals surface area contributed by atoms with E-state index in [1.54, 1.807) is 24.3 Å². The molecule has 0 N–H and O–H groups in total. The smallest absolute Gasteiger partial charge is 0.212 e. The molecule has 1 rings (SSSR count). The van der Waals surface area contributed by atoms with Crippen LogP contribution in [0, 0.1) is 17.2 Å². The van der Waals surface area contributed by atoms with Gasteiger partial charge in [0, 0.05) is 7.05 Å². The largest absolute Gasteiger partial charge is 0.219 e. The monoisotopic (exact) mass is 266 g/mol. The molecule has 0 aromatic heterocycles. The van der Waals surface area contributed by atoms with E-state index in [-0.39, 0.29) is 11.7 Å². The van der Waals surface area contributed by atoms with E-state index in [1.807, 2.05) is 26.0 Å². The summed E-state index contributed by atoms with van der Waals surface area (Å²) < 4.78 is 25.5. The number of hydrogen-bond donors (Lipinski definition) is 0. The van der Waals surface area contributed by atoms with E-state index < -0.39 is 16.1 Å². The summed E-state index contributed by atoms with van der Waals surface area (Å²) in [5.41, 5.74) is 0.727. The Morgan fingerprint density at radius 3 is 2.28 bits per heavy atom. The highest BCUT2D eigenvalue weighted by molar-refractivity contribution is 7.88. The Kier molecular flexibility index (Phi) is 4.88. The second-order valence-electron chi connectivity index (χ2n) is 4.58. The van der Waals surface area contributed by atoms with E-state index in [0.717, 1.165) is 5.56 Å². The second kappa shape index (κ2) is 5.98. The molecule has 0 aliphatic carbocycles. The summed E-state index contributed by atoms with van der Waals surface area (Å²) in [6, 6.07) is 10.4. The SMILES string of the molecule is CC(C)C(C#N)N(C)S(=O)(=O)Cc1ccccc1. The van der Waals surface area contributed by atoms with E-state index >= 15 is 0 Å². The minimum atomic E-state index is -3.46. The molecule has 1 aromatic rings. The van der Waals surface area contributed by atoms with Gasteiger partial charge in [-0.3, -0.25) is 0 Å². The molecule has 0 heterocycles. The maximum Gasteiger partial charge on any atom is 0.219 e. The first-order valence-electron chi connectivity index (χ1n) is 5.77. The van der Waals surface area contributed by atoms with Crippen molar-refractivity contribution in [3.63, 3.8) is 0 Å². The van der Waals surface area contributed by atoms with Crippen molar-refractivity contribution in [3.8, 4) is 6.07 Å². The molecule has 4 nitrogen and oxygen atoms in total. The molecule has 1 unspecified atom stereocenters. The molecule has 0 aliphatic heterocycles. The van der Waals surface area contributed by atoms with Crippen molar-refractivity contribution in [2.45, 2.75) is 25.6 Å². The molecule has 18 heavy (non-hydrogen) atoms. The van der Waals surface area contributed by atoms with Crippen molar-refractivity contribution in [1.82, 2.24) is 4.31 Å². The fraction of sp³-hybridized carbons (Fsp3) is 0.462. The fourth-order valence-corrected chi connectivity index (χ4v) is 3.16. The van der Waals surface area contributed by atoms with Crippen molar-refractivity contribution < 1.29 is 8.42 Å². The molecule has 1 atom stereocenters. The van der Waals surface area contributed by atoms with Crippen LogP contribution in [0.2, 0.25) is 0 Å². The van der Waals surface area contributed by atoms with Crippen LogP contribution in [-0.4, -0.2) is 25.8 Å². The normalized spacial score (nSPS) is 13.6. The van der Waals surface area contributed by atoms with Crippen molar-refractivity contribution >= 4 is 10.0 Å². The predicted molar refractivity (Wildman–Crippen MR) is 71.1 cm³/mol. The lowest BCUT2D eigenvalue weighted by atomic mass is 10.1. The maximum absolute atomic E-state index is 12.2. The average molecular weight is 266 g/mol. The Morgan fingerprint density at radius 2 is 1.83 bits per heavy atom. The van der Waals surface area contributed by atoms with E-state index in [0.29, 0.717) is 0 Å². The van der Waals surface area contributed by atoms with Crippen LogP contribution >= 0.6 is 0 Å². The second-order valence-corrected chi connectivity index (χ2v) is 6.60. The summed E-state index contributed by atoms with van der Waals surface area (Å²) in [6.45, 7) is 3.67. The quantitative estimate of drug-likeness (QED) is 0.819. The third-order valence-corrected chi connectivity index (χ3v) is 4.59. The van der Waals surface area contributed by atoms with Gasteiger partial charge in [0.25, 0.3) is 0 Å². The summed E-state index contributed by atoms with van der Waals surface area (Å²) in [4.78, 5) is 0. The van der Waals surface area contributed by atoms with Crippen LogP contribution in [0.3, 0.4) is 0 Å². The molecule has 0 amide bonds. The third kappa shape index (κ3) is 3.56. The Bertz CT molecular complexity index is 518. The van der Waals surface area contributed by atoms with Gasteiger partial charge >= 0.3 is 0 Å². The van der Waals surface area contributed by atoms with Crippen LogP contribution in [-0.2, 0) is 15.8 Å². The highest BCUT2D eigenvalue weighted by Gasteiger charge is 2.28. The molecule has 0 saturated carbocycles. The van der Waals surface area contributed by atoms with Gasteiger partial charge in [0.15, 0.2) is 0 Å². The molecule has 0 spiro atoms. The molecular formula is C13H18N2O2S. The van der Waals surface area contributed by atoms with Crippen LogP contribution in [0.4, 0.5) is 0 Å². The topological polar surface area (TPSA) is 61.2 Å². The Morgan fingerprint density at radius 1 is 1.28 bits per heavy atom. The summed E-state index contributed by atoms with van der Waals surface area (Å²) in [7, 11) is -1.99. The van der Waals surface area contributed by atoms with Crippen LogP contribution in [0.5, 0.6) is 0 Å². The van der Waals surface area contributed by atoms with Gasteiger partial charge in [0.1, 0.15) is 6.04 Å². The summed E-state index contributed by atoms with van der Waals surface area (Å²) in [5, 5.41) is 9.04. The Labute approximate surface area is 109 Å². The summed E-state index contributed by atoms with van der Waals surface area (Å²) in [6.07, 6.45) is 0. The minimum Gasteiger partial charge on any atom is -0.212 e. The lowest BCUT2D eigenvalue weighted by Crippen LogP contribution is -2.39. The first kappa shape index (κ1) is 14.7. The Balaban J connectivity index is 2.91. The molecule has 1 aromatic carbocycles. The van der Waals surface area contributed by atoms with Crippen LogP contribution in [0.25, 0.3) is 0 Å². The number of rotatable bonds is 5. The lowest BCUT2D eigenvalue weighted by molar-refractivity contribution is 0.352. The van der Waals surface area contributed by atoms with E-state index in [9.17, 15) is 8.42 Å². The van der Waals surface area contributed by atoms with Crippen molar-refractivity contribution in [1.29, 1.82) is 5.26 Å². The molecule has 0 saturated heterocycles. The van der Waals surface area contributed by atoms with Gasteiger partial charge < -0.3 is 0 Å². The van der Waals surface area contributed by atoms with Gasteiger partial charge in [-0.25, -0.2) is 8.42 Å². The minimum absolute atomic E-state index is 0.0365. The standard InChI is InChI=1S/C13H18N2O2S/c1-11(2)13(9-14)15(3)18(16,17)10-12-7-5-4-6-8-12/h4-8,11,13H,10H2,1-3H3. The number of nitriles is 1. The van der Waals surface area contributed by atoms with Gasteiger partial charge in [0.05, 0.1) is 11.8 Å². The third-order valence-electron chi connectivity index (χ3n) is 2.79. The molecule has 0 aliphatic rings. The zero-order valence-corrected chi connectivity index (χ0v) is 11.7. The highest BCUT2D eigenvalue weighted by atomic mass is 32.2. The van der Waals surface area contributed by atoms with Crippen LogP contribution in [0.15, 0.2) is 30.3 Å². The number of nitrogens with zero attached hydrogens (tertiary/aromatic N) is 2. The predicted octanol–water partition coefficient (Wildman–Crippen LogP) is 2.00. The highest BCUT2D eigenvalue weighted by Crippen LogP contribution is 2.16. The molecule has 5 heteroatoms. The summed E-state index contributed by atoms with van der Waals surface area (Å²) in [5.74, 6) is -0.111. The maximum atomic E-state index is 12.2. The fourth-order valence-electron chi connectivity index (χ4n) is 1.71. The van der Waals surface area contributed by atoms with Gasteiger partial charge in [-0.2, -0.15) is 9.57 Å². The molecule has 0 radical (unpaired) electrons. The van der Waals surface area contributed by atoms with Crippen molar-refractivity contribution in [2.75, 3.05) is 7.05 Å². The molecular weight excluding hydrogens is 248 g/mol. The van der Waals surface area contributed by atoms with Crippen LogP contribution < -0.4 is 0 Å². The molecule has 0 fully saturated rings.